The number of ether oxygens (including phenoxy) is 2. The maximum Gasteiger partial charge on any atom is 0.348 e. The first-order chi connectivity index (χ1) is 14.7. The molecule has 0 radical (unpaired) electrons. The van der Waals surface area contributed by atoms with Crippen molar-refractivity contribution in [3.63, 3.8) is 0 Å². The van der Waals surface area contributed by atoms with Crippen LogP contribution in [0, 0.1) is 12.8 Å². The average Bonchev–Trinajstić information content (AvgIpc) is 3.26. The predicted octanol–water partition coefficient (Wildman–Crippen LogP) is 3.13. The van der Waals surface area contributed by atoms with E-state index in [0.29, 0.717) is 17.2 Å². The molecule has 0 aliphatic carbocycles. The maximum atomic E-state index is 12.7. The zero-order chi connectivity index (χ0) is 22.7. The normalized spacial score (nSPS) is 16.5. The van der Waals surface area contributed by atoms with Gasteiger partial charge >= 0.3 is 18.0 Å². The molecule has 0 fully saturated rings. The second-order valence-corrected chi connectivity index (χ2v) is 8.77. The lowest BCUT2D eigenvalue weighted by atomic mass is 10.0. The van der Waals surface area contributed by atoms with Crippen LogP contribution in [0.2, 0.25) is 0 Å². The van der Waals surface area contributed by atoms with E-state index in [0.717, 1.165) is 22.5 Å². The topological polar surface area (TPSA) is 112 Å². The van der Waals surface area contributed by atoms with Crippen LogP contribution in [-0.4, -0.2) is 47.0 Å². The lowest BCUT2D eigenvalue weighted by molar-refractivity contribution is -0.139. The summed E-state index contributed by atoms with van der Waals surface area (Å²) in [5.74, 6) is -0.643. The van der Waals surface area contributed by atoms with Crippen molar-refractivity contribution in [3.8, 4) is 0 Å². The number of hydrogen-bond acceptors (Lipinski definition) is 7. The summed E-state index contributed by atoms with van der Waals surface area (Å²) in [6.07, 6.45) is 0.501. The quantitative estimate of drug-likeness (QED) is 0.600. The van der Waals surface area contributed by atoms with E-state index in [1.54, 1.807) is 13.0 Å². The molecular weight excluding hydrogens is 420 g/mol. The van der Waals surface area contributed by atoms with Crippen LogP contribution in [0.3, 0.4) is 0 Å². The van der Waals surface area contributed by atoms with Gasteiger partial charge in [0.1, 0.15) is 16.3 Å². The molecule has 3 rings (SSSR count). The Hall–Kier alpha value is -2.88. The molecule has 0 saturated heterocycles. The van der Waals surface area contributed by atoms with Crippen LogP contribution in [0.25, 0.3) is 10.2 Å². The van der Waals surface area contributed by atoms with Crippen LogP contribution in [0.1, 0.15) is 49.5 Å². The molecule has 1 aliphatic heterocycles. The van der Waals surface area contributed by atoms with Crippen molar-refractivity contribution < 1.29 is 23.9 Å². The van der Waals surface area contributed by atoms with E-state index in [1.165, 1.54) is 11.3 Å². The molecule has 0 bridgehead atoms. The summed E-state index contributed by atoms with van der Waals surface area (Å²) in [4.78, 5) is 38.5. The van der Waals surface area contributed by atoms with E-state index in [-0.39, 0.29) is 24.5 Å². The molecule has 168 valence electrons. The number of hydrogen-bond donors (Lipinski definition) is 2. The Morgan fingerprint density at radius 1 is 1.26 bits per heavy atom. The van der Waals surface area contributed by atoms with Gasteiger partial charge in [-0.1, -0.05) is 20.8 Å². The largest absolute Gasteiger partial charge is 0.463 e. The van der Waals surface area contributed by atoms with Gasteiger partial charge in [-0.15, -0.1) is 11.3 Å². The van der Waals surface area contributed by atoms with Crippen LogP contribution >= 0.6 is 11.3 Å². The van der Waals surface area contributed by atoms with Gasteiger partial charge in [0.2, 0.25) is 0 Å². The number of fused-ring (bicyclic) bond motifs is 1. The number of aromatic nitrogens is 2. The fourth-order valence-corrected chi connectivity index (χ4v) is 4.53. The molecule has 2 amide bonds. The van der Waals surface area contributed by atoms with Crippen molar-refractivity contribution in [2.45, 2.75) is 53.6 Å². The minimum Gasteiger partial charge on any atom is -0.463 e. The Bertz CT molecular complexity index is 1040. The van der Waals surface area contributed by atoms with E-state index < -0.39 is 24.0 Å². The first-order valence-electron chi connectivity index (χ1n) is 10.4. The smallest absolute Gasteiger partial charge is 0.348 e. The average molecular weight is 449 g/mol. The highest BCUT2D eigenvalue weighted by Crippen LogP contribution is 2.29. The first kappa shape index (κ1) is 22.8. The van der Waals surface area contributed by atoms with Crippen molar-refractivity contribution in [1.82, 2.24) is 20.4 Å². The Kier molecular flexibility index (Phi) is 6.99. The second-order valence-electron chi connectivity index (χ2n) is 7.74. The van der Waals surface area contributed by atoms with E-state index in [1.807, 2.05) is 18.5 Å². The highest BCUT2D eigenvalue weighted by molar-refractivity contribution is 7.20. The molecule has 1 unspecified atom stereocenters. The van der Waals surface area contributed by atoms with Crippen LogP contribution in [-0.2, 0) is 20.8 Å². The molecule has 0 aromatic carbocycles. The number of aryl methyl sites for hydroxylation is 1. The molecule has 1 atom stereocenters. The van der Waals surface area contributed by atoms with E-state index in [4.69, 9.17) is 9.47 Å². The van der Waals surface area contributed by atoms with Crippen molar-refractivity contribution in [3.05, 3.63) is 27.9 Å². The Morgan fingerprint density at radius 2 is 2.00 bits per heavy atom. The standard InChI is InChI=1S/C21H28N4O5S/c1-6-14-17(20(27)29-7-2)15(23-21(28)22-14)10-30-19(26)16-8-13-12(5)24-25(9-11(3)4)18(13)31-16/h8,11,14H,6-7,9-10H2,1-5H3,(H2,22,23,28). The third kappa shape index (κ3) is 4.90. The van der Waals surface area contributed by atoms with Crippen LogP contribution in [0.15, 0.2) is 17.3 Å². The molecular formula is C21H28N4O5S. The first-order valence-corrected chi connectivity index (χ1v) is 11.2. The molecule has 31 heavy (non-hydrogen) atoms. The SMILES string of the molecule is CCOC(=O)C1=C(COC(=O)c2cc3c(C)nn(CC(C)C)c3s2)NC(=O)NC1CC. The van der Waals surface area contributed by atoms with Crippen LogP contribution in [0.5, 0.6) is 0 Å². The highest BCUT2D eigenvalue weighted by atomic mass is 32.1. The van der Waals surface area contributed by atoms with Crippen LogP contribution in [0.4, 0.5) is 4.79 Å². The van der Waals surface area contributed by atoms with E-state index in [2.05, 4.69) is 29.6 Å². The van der Waals surface area contributed by atoms with Crippen molar-refractivity contribution in [2.75, 3.05) is 13.2 Å². The monoisotopic (exact) mass is 448 g/mol. The fraction of sp³-hybridized carbons (Fsp3) is 0.524. The van der Waals surface area contributed by atoms with E-state index >= 15 is 0 Å². The number of amides is 2. The van der Waals surface area contributed by atoms with E-state index in [9.17, 15) is 14.4 Å². The predicted molar refractivity (Wildman–Crippen MR) is 117 cm³/mol. The summed E-state index contributed by atoms with van der Waals surface area (Å²) in [5, 5.41) is 10.7. The minimum absolute atomic E-state index is 0.203. The van der Waals surface area contributed by atoms with Gasteiger partial charge in [0.25, 0.3) is 0 Å². The molecule has 10 heteroatoms. The van der Waals surface area contributed by atoms with Crippen molar-refractivity contribution in [1.29, 1.82) is 0 Å². The molecule has 0 spiro atoms. The minimum atomic E-state index is -0.542. The Morgan fingerprint density at radius 3 is 2.65 bits per heavy atom. The van der Waals surface area contributed by atoms with Crippen LogP contribution < -0.4 is 10.6 Å². The number of nitrogens with one attached hydrogen (secondary N) is 2. The fourth-order valence-electron chi connectivity index (χ4n) is 3.47. The highest BCUT2D eigenvalue weighted by Gasteiger charge is 2.32. The second kappa shape index (κ2) is 9.51. The summed E-state index contributed by atoms with van der Waals surface area (Å²) in [5.41, 5.74) is 1.37. The maximum absolute atomic E-state index is 12.7. The van der Waals surface area contributed by atoms with Gasteiger partial charge in [-0.3, -0.25) is 4.68 Å². The Labute approximate surface area is 184 Å². The summed E-state index contributed by atoms with van der Waals surface area (Å²) in [6.45, 7) is 10.4. The van der Waals surface area contributed by atoms with Gasteiger partial charge in [-0.2, -0.15) is 5.10 Å². The molecule has 1 aliphatic rings. The number of carbonyl (C=O) groups excluding carboxylic acids is 3. The molecule has 3 heterocycles. The van der Waals surface area contributed by atoms with Crippen molar-refractivity contribution >= 4 is 39.5 Å². The Balaban J connectivity index is 1.82. The number of esters is 2. The van der Waals surface area contributed by atoms with Crippen molar-refractivity contribution in [2.24, 2.45) is 5.92 Å². The van der Waals surface area contributed by atoms with Gasteiger partial charge in [-0.05, 0) is 32.3 Å². The lowest BCUT2D eigenvalue weighted by Crippen LogP contribution is -2.51. The third-order valence-electron chi connectivity index (χ3n) is 4.84. The summed E-state index contributed by atoms with van der Waals surface area (Å²) < 4.78 is 12.5. The molecule has 9 nitrogen and oxygen atoms in total. The summed E-state index contributed by atoms with van der Waals surface area (Å²) >= 11 is 1.32. The number of urea groups is 1. The van der Waals surface area contributed by atoms with Gasteiger partial charge in [0.15, 0.2) is 0 Å². The number of carbonyl (C=O) groups is 3. The molecule has 2 aromatic rings. The number of thiophene rings is 1. The molecule has 2 aromatic heterocycles. The van der Waals surface area contributed by atoms with Gasteiger partial charge < -0.3 is 20.1 Å². The zero-order valence-corrected chi connectivity index (χ0v) is 19.2. The van der Waals surface area contributed by atoms with Gasteiger partial charge in [-0.25, -0.2) is 14.4 Å². The van der Waals surface area contributed by atoms with Gasteiger partial charge in [0, 0.05) is 11.9 Å². The molecule has 2 N–H and O–H groups in total. The third-order valence-corrected chi connectivity index (χ3v) is 5.97. The lowest BCUT2D eigenvalue weighted by Gasteiger charge is -2.28. The summed E-state index contributed by atoms with van der Waals surface area (Å²) in [6, 6.07) is 0.825. The summed E-state index contributed by atoms with van der Waals surface area (Å²) in [7, 11) is 0. The number of nitrogens with zero attached hydrogens (tertiary/aromatic N) is 2. The van der Waals surface area contributed by atoms with Gasteiger partial charge in [0.05, 0.1) is 29.6 Å². The zero-order valence-electron chi connectivity index (χ0n) is 18.4. The number of rotatable bonds is 8. The molecule has 0 saturated carbocycles.